The van der Waals surface area contributed by atoms with E-state index in [1.165, 1.54) is 64.2 Å². The van der Waals surface area contributed by atoms with Gasteiger partial charge in [-0.05, 0) is 12.8 Å². The molecule has 4 heteroatoms. The van der Waals surface area contributed by atoms with Crippen molar-refractivity contribution in [1.29, 1.82) is 0 Å². The third-order valence-electron chi connectivity index (χ3n) is 4.05. The monoisotopic (exact) mass is 354 g/mol. The summed E-state index contributed by atoms with van der Waals surface area (Å²) in [6, 6.07) is 0. The second-order valence-electron chi connectivity index (χ2n) is 6.56. The molecule has 0 fully saturated rings. The molecule has 0 bridgehead atoms. The minimum atomic E-state index is -0.496. The molecule has 0 aromatic rings. The van der Waals surface area contributed by atoms with Crippen molar-refractivity contribution < 1.29 is 19.1 Å². The summed E-state index contributed by atoms with van der Waals surface area (Å²) in [6.45, 7) is 4.96. The molecule has 0 aliphatic heterocycles. The van der Waals surface area contributed by atoms with Gasteiger partial charge in [0.1, 0.15) is 0 Å². The van der Waals surface area contributed by atoms with Gasteiger partial charge in [0.2, 0.25) is 0 Å². The molecule has 0 saturated heterocycles. The average Bonchev–Trinajstić information content (AvgIpc) is 2.62. The van der Waals surface area contributed by atoms with Gasteiger partial charge in [0, 0.05) is 12.2 Å². The van der Waals surface area contributed by atoms with Crippen molar-refractivity contribution in [2.75, 3.05) is 13.2 Å². The van der Waals surface area contributed by atoms with Gasteiger partial charge in [-0.25, -0.2) is 9.59 Å². The van der Waals surface area contributed by atoms with E-state index in [9.17, 15) is 9.59 Å². The number of unbranched alkanes of at least 4 members (excludes halogenated alkanes) is 11. The predicted octanol–water partition coefficient (Wildman–Crippen LogP) is 5.74. The molecule has 0 unspecified atom stereocenters. The molecule has 0 radical (unpaired) electrons. The molecule has 0 saturated carbocycles. The highest BCUT2D eigenvalue weighted by Crippen LogP contribution is 2.11. The lowest BCUT2D eigenvalue weighted by molar-refractivity contribution is -0.140. The Morgan fingerprint density at radius 1 is 0.560 bits per heavy atom. The van der Waals surface area contributed by atoms with Gasteiger partial charge in [-0.2, -0.15) is 0 Å². The fourth-order valence-electron chi connectivity index (χ4n) is 2.55. The first-order valence-electron chi connectivity index (χ1n) is 10.2. The van der Waals surface area contributed by atoms with Crippen LogP contribution in [0.5, 0.6) is 0 Å². The van der Waals surface area contributed by atoms with Crippen molar-refractivity contribution in [3.63, 3.8) is 0 Å². The molecular formula is C21H38O4. The third-order valence-corrected chi connectivity index (χ3v) is 4.05. The molecule has 0 aromatic heterocycles. The molecule has 0 aromatic carbocycles. The van der Waals surface area contributed by atoms with Crippen LogP contribution >= 0.6 is 0 Å². The molecular weight excluding hydrogens is 316 g/mol. The lowest BCUT2D eigenvalue weighted by atomic mass is 10.1. The maximum absolute atomic E-state index is 11.4. The molecule has 0 aliphatic rings. The maximum atomic E-state index is 11.4. The van der Waals surface area contributed by atoms with Crippen LogP contribution in [0.2, 0.25) is 0 Å². The van der Waals surface area contributed by atoms with Crippen LogP contribution < -0.4 is 0 Å². The summed E-state index contributed by atoms with van der Waals surface area (Å²) in [5.74, 6) is -0.972. The van der Waals surface area contributed by atoms with E-state index in [4.69, 9.17) is 9.47 Å². The molecule has 0 heterocycles. The Labute approximate surface area is 154 Å². The van der Waals surface area contributed by atoms with Crippen LogP contribution in [0.4, 0.5) is 0 Å². The number of rotatable bonds is 17. The van der Waals surface area contributed by atoms with E-state index in [2.05, 4.69) is 6.92 Å². The highest BCUT2D eigenvalue weighted by molar-refractivity contribution is 5.91. The van der Waals surface area contributed by atoms with Crippen molar-refractivity contribution in [2.24, 2.45) is 0 Å². The summed E-state index contributed by atoms with van der Waals surface area (Å²) < 4.78 is 9.89. The molecule has 0 amide bonds. The van der Waals surface area contributed by atoms with E-state index in [1.807, 2.05) is 6.92 Å². The molecule has 4 nitrogen and oxygen atoms in total. The Bertz CT molecular complexity index is 350. The summed E-state index contributed by atoms with van der Waals surface area (Å²) in [5.41, 5.74) is 0. The van der Waals surface area contributed by atoms with Crippen LogP contribution in [0.3, 0.4) is 0 Å². The van der Waals surface area contributed by atoms with Gasteiger partial charge in [0.15, 0.2) is 0 Å². The number of carbonyl (C=O) groups is 2. The van der Waals surface area contributed by atoms with Crippen molar-refractivity contribution in [3.05, 3.63) is 12.2 Å². The first-order chi connectivity index (χ1) is 12.2. The molecule has 0 atom stereocenters. The van der Waals surface area contributed by atoms with Gasteiger partial charge in [0.25, 0.3) is 0 Å². The Hall–Kier alpha value is -1.32. The Morgan fingerprint density at radius 3 is 1.40 bits per heavy atom. The van der Waals surface area contributed by atoms with Crippen LogP contribution in [0.1, 0.15) is 97.3 Å². The number of carbonyl (C=O) groups excluding carboxylic acids is 2. The summed E-state index contributed by atoms with van der Waals surface area (Å²) in [5, 5.41) is 0. The predicted molar refractivity (Wildman–Crippen MR) is 102 cm³/mol. The Balaban J connectivity index is 3.31. The number of esters is 2. The molecule has 0 rings (SSSR count). The number of hydrogen-bond donors (Lipinski definition) is 0. The minimum Gasteiger partial charge on any atom is -0.463 e. The van der Waals surface area contributed by atoms with Crippen LogP contribution in [-0.4, -0.2) is 25.2 Å². The van der Waals surface area contributed by atoms with E-state index >= 15 is 0 Å². The lowest BCUT2D eigenvalue weighted by Gasteiger charge is -2.03. The van der Waals surface area contributed by atoms with Crippen molar-refractivity contribution in [3.8, 4) is 0 Å². The normalized spacial score (nSPS) is 11.0. The third kappa shape index (κ3) is 18.9. The van der Waals surface area contributed by atoms with E-state index in [0.29, 0.717) is 13.2 Å². The van der Waals surface area contributed by atoms with Gasteiger partial charge >= 0.3 is 11.9 Å². The van der Waals surface area contributed by atoms with Gasteiger partial charge in [0.05, 0.1) is 13.2 Å². The summed E-state index contributed by atoms with van der Waals surface area (Å²) >= 11 is 0. The second kappa shape index (κ2) is 19.0. The average molecular weight is 355 g/mol. The van der Waals surface area contributed by atoms with E-state index < -0.39 is 11.9 Å². The largest absolute Gasteiger partial charge is 0.463 e. The molecule has 25 heavy (non-hydrogen) atoms. The van der Waals surface area contributed by atoms with Crippen molar-refractivity contribution >= 4 is 11.9 Å². The summed E-state index contributed by atoms with van der Waals surface area (Å²) in [4.78, 5) is 22.6. The first-order valence-corrected chi connectivity index (χ1v) is 10.2. The van der Waals surface area contributed by atoms with Crippen molar-refractivity contribution in [1.82, 2.24) is 0 Å². The first kappa shape index (κ1) is 23.7. The van der Waals surface area contributed by atoms with E-state index in [0.717, 1.165) is 31.4 Å². The van der Waals surface area contributed by atoms with Gasteiger partial charge < -0.3 is 9.47 Å². The van der Waals surface area contributed by atoms with Crippen LogP contribution in [0.15, 0.2) is 12.2 Å². The fraction of sp³-hybridized carbons (Fsp3) is 0.810. The van der Waals surface area contributed by atoms with Gasteiger partial charge in [-0.3, -0.25) is 0 Å². The Kier molecular flexibility index (Phi) is 18.0. The highest BCUT2D eigenvalue weighted by Gasteiger charge is 2.00. The smallest absolute Gasteiger partial charge is 0.331 e. The summed E-state index contributed by atoms with van der Waals surface area (Å²) in [7, 11) is 0. The molecule has 0 N–H and O–H groups in total. The molecule has 0 aliphatic carbocycles. The van der Waals surface area contributed by atoms with Crippen LogP contribution in [0, 0.1) is 0 Å². The topological polar surface area (TPSA) is 52.6 Å². The van der Waals surface area contributed by atoms with Crippen LogP contribution in [0.25, 0.3) is 0 Å². The lowest BCUT2D eigenvalue weighted by Crippen LogP contribution is -2.05. The highest BCUT2D eigenvalue weighted by atomic mass is 16.5. The van der Waals surface area contributed by atoms with Gasteiger partial charge in [-0.1, -0.05) is 84.5 Å². The quantitative estimate of drug-likeness (QED) is 0.190. The minimum absolute atomic E-state index is 0.372. The zero-order valence-electron chi connectivity index (χ0n) is 16.4. The zero-order chi connectivity index (χ0) is 18.6. The van der Waals surface area contributed by atoms with Crippen LogP contribution in [-0.2, 0) is 19.1 Å². The van der Waals surface area contributed by atoms with E-state index in [1.54, 1.807) is 0 Å². The van der Waals surface area contributed by atoms with Gasteiger partial charge in [-0.15, -0.1) is 0 Å². The Morgan fingerprint density at radius 2 is 0.960 bits per heavy atom. The van der Waals surface area contributed by atoms with Crippen molar-refractivity contribution in [2.45, 2.75) is 97.3 Å². The molecule has 146 valence electrons. The van der Waals surface area contributed by atoms with E-state index in [-0.39, 0.29) is 0 Å². The maximum Gasteiger partial charge on any atom is 0.331 e. The standard InChI is InChI=1S/C21H38O4/c1-3-5-6-7-8-9-10-11-12-13-14-15-19-25-21(23)17-16-20(22)24-18-4-2/h16-17H,3-15,18-19H2,1-2H3/b17-16+. The SMILES string of the molecule is CCCCCCCCCCCCCCOC(=O)/C=C/C(=O)OCCC. The fourth-order valence-corrected chi connectivity index (χ4v) is 2.55. The summed E-state index contributed by atoms with van der Waals surface area (Å²) in [6.07, 6.45) is 18.4. The molecule has 0 spiro atoms. The number of hydrogen-bond acceptors (Lipinski definition) is 4. The second-order valence-corrected chi connectivity index (χ2v) is 6.56. The zero-order valence-corrected chi connectivity index (χ0v) is 16.4. The number of ether oxygens (including phenoxy) is 2.